The van der Waals surface area contributed by atoms with Gasteiger partial charge in [0.2, 0.25) is 0 Å². The van der Waals surface area contributed by atoms with Gasteiger partial charge in [0.05, 0.1) is 16.3 Å². The Morgan fingerprint density at radius 1 is 1.64 bits per heavy atom. The summed E-state index contributed by atoms with van der Waals surface area (Å²) in [7, 11) is 0. The van der Waals surface area contributed by atoms with Crippen molar-refractivity contribution in [2.24, 2.45) is 5.73 Å². The third-order valence-electron chi connectivity index (χ3n) is 2.56. The molecule has 0 aromatic carbocycles. The molecule has 1 aromatic rings. The van der Waals surface area contributed by atoms with Crippen LogP contribution in [0.4, 0.5) is 0 Å². The molecule has 3 N–H and O–H groups in total. The Bertz CT molecular complexity index is 423. The summed E-state index contributed by atoms with van der Waals surface area (Å²) in [6, 6.07) is 0. The zero-order chi connectivity index (χ0) is 10.3. The molecule has 0 aliphatic heterocycles. The van der Waals surface area contributed by atoms with E-state index in [0.717, 1.165) is 18.5 Å². The number of halogens is 1. The molecule has 1 fully saturated rings. The highest BCUT2D eigenvalue weighted by Gasteiger charge is 2.43. The van der Waals surface area contributed by atoms with E-state index in [1.165, 1.54) is 0 Å². The number of rotatable bonds is 2. The van der Waals surface area contributed by atoms with Crippen LogP contribution in [0.1, 0.15) is 31.2 Å². The SMILES string of the molecule is CCc1[nH]c(=O)nc(C2(N)CC2)c1Cl. The first-order chi connectivity index (χ1) is 6.57. The van der Waals surface area contributed by atoms with Crippen LogP contribution in [-0.2, 0) is 12.0 Å². The second-order valence-corrected chi connectivity index (χ2v) is 4.07. The van der Waals surface area contributed by atoms with E-state index >= 15 is 0 Å². The third kappa shape index (κ3) is 1.44. The van der Waals surface area contributed by atoms with E-state index < -0.39 is 5.54 Å². The van der Waals surface area contributed by atoms with Crippen LogP contribution in [0.5, 0.6) is 0 Å². The standard InChI is InChI=1S/C9H12ClN3O/c1-2-5-6(10)7(9(11)3-4-9)13-8(14)12-5/h2-4,11H2,1H3,(H,12,13,14). The summed E-state index contributed by atoms with van der Waals surface area (Å²) in [6.07, 6.45) is 2.39. The molecule has 0 amide bonds. The first-order valence-corrected chi connectivity index (χ1v) is 5.02. The highest BCUT2D eigenvalue weighted by atomic mass is 35.5. The molecule has 1 saturated carbocycles. The average Bonchev–Trinajstić information content (AvgIpc) is 2.88. The summed E-state index contributed by atoms with van der Waals surface area (Å²) in [6.45, 7) is 1.93. The van der Waals surface area contributed by atoms with E-state index in [1.807, 2.05) is 6.92 Å². The quantitative estimate of drug-likeness (QED) is 0.768. The lowest BCUT2D eigenvalue weighted by Crippen LogP contribution is -2.27. The van der Waals surface area contributed by atoms with Crippen molar-refractivity contribution >= 4 is 11.6 Å². The molecular formula is C9H12ClN3O. The number of H-pyrrole nitrogens is 1. The summed E-state index contributed by atoms with van der Waals surface area (Å²) < 4.78 is 0. The molecule has 1 aliphatic rings. The lowest BCUT2D eigenvalue weighted by molar-refractivity contribution is 0.691. The molecule has 0 radical (unpaired) electrons. The van der Waals surface area contributed by atoms with Gasteiger partial charge >= 0.3 is 5.69 Å². The van der Waals surface area contributed by atoms with Gasteiger partial charge in [-0.3, -0.25) is 0 Å². The highest BCUT2D eigenvalue weighted by molar-refractivity contribution is 6.32. The minimum atomic E-state index is -0.449. The van der Waals surface area contributed by atoms with Gasteiger partial charge in [-0.25, -0.2) is 4.79 Å². The van der Waals surface area contributed by atoms with Crippen molar-refractivity contribution in [1.29, 1.82) is 0 Å². The van der Waals surface area contributed by atoms with E-state index in [2.05, 4.69) is 9.97 Å². The van der Waals surface area contributed by atoms with Crippen LogP contribution in [0.2, 0.25) is 5.02 Å². The van der Waals surface area contributed by atoms with E-state index in [0.29, 0.717) is 17.1 Å². The third-order valence-corrected chi connectivity index (χ3v) is 2.96. The van der Waals surface area contributed by atoms with Gasteiger partial charge in [-0.2, -0.15) is 4.98 Å². The van der Waals surface area contributed by atoms with Gasteiger partial charge in [0.1, 0.15) is 0 Å². The number of nitrogens with one attached hydrogen (secondary N) is 1. The Labute approximate surface area is 86.5 Å². The van der Waals surface area contributed by atoms with Crippen molar-refractivity contribution in [2.75, 3.05) is 0 Å². The zero-order valence-corrected chi connectivity index (χ0v) is 8.69. The molecule has 0 saturated heterocycles. The van der Waals surface area contributed by atoms with Gasteiger partial charge in [-0.05, 0) is 19.3 Å². The Hall–Kier alpha value is -0.870. The van der Waals surface area contributed by atoms with Crippen molar-refractivity contribution in [2.45, 2.75) is 31.7 Å². The molecule has 0 bridgehead atoms. The maximum Gasteiger partial charge on any atom is 0.345 e. The molecule has 0 atom stereocenters. The lowest BCUT2D eigenvalue weighted by atomic mass is 10.1. The average molecular weight is 214 g/mol. The number of hydrogen-bond donors (Lipinski definition) is 2. The van der Waals surface area contributed by atoms with E-state index in [9.17, 15) is 4.79 Å². The first-order valence-electron chi connectivity index (χ1n) is 4.65. The van der Waals surface area contributed by atoms with Gasteiger partial charge in [0.15, 0.2) is 0 Å². The second-order valence-electron chi connectivity index (χ2n) is 3.69. The Balaban J connectivity index is 2.59. The van der Waals surface area contributed by atoms with Gasteiger partial charge in [-0.1, -0.05) is 18.5 Å². The van der Waals surface area contributed by atoms with Crippen LogP contribution in [0, 0.1) is 0 Å². The van der Waals surface area contributed by atoms with Crippen molar-refractivity contribution in [1.82, 2.24) is 9.97 Å². The molecule has 1 aromatic heterocycles. The fourth-order valence-electron chi connectivity index (χ4n) is 1.45. The topological polar surface area (TPSA) is 71.8 Å². The minimum Gasteiger partial charge on any atom is -0.320 e. The maximum absolute atomic E-state index is 11.2. The van der Waals surface area contributed by atoms with Crippen LogP contribution >= 0.6 is 11.6 Å². The molecule has 1 heterocycles. The summed E-state index contributed by atoms with van der Waals surface area (Å²) in [5.74, 6) is 0. The minimum absolute atomic E-state index is 0.363. The molecule has 76 valence electrons. The van der Waals surface area contributed by atoms with Gasteiger partial charge in [0.25, 0.3) is 0 Å². The molecule has 14 heavy (non-hydrogen) atoms. The Morgan fingerprint density at radius 3 is 2.79 bits per heavy atom. The second kappa shape index (κ2) is 3.07. The van der Waals surface area contributed by atoms with E-state index in [4.69, 9.17) is 17.3 Å². The van der Waals surface area contributed by atoms with Gasteiger partial charge < -0.3 is 10.7 Å². The number of aromatic nitrogens is 2. The molecule has 4 nitrogen and oxygen atoms in total. The smallest absolute Gasteiger partial charge is 0.320 e. The van der Waals surface area contributed by atoms with Crippen LogP contribution in [0.15, 0.2) is 4.79 Å². The fraction of sp³-hybridized carbons (Fsp3) is 0.556. The number of nitrogens with zero attached hydrogens (tertiary/aromatic N) is 1. The van der Waals surface area contributed by atoms with Crippen LogP contribution in [0.3, 0.4) is 0 Å². The monoisotopic (exact) mass is 213 g/mol. The van der Waals surface area contributed by atoms with Crippen molar-refractivity contribution < 1.29 is 0 Å². The molecule has 5 heteroatoms. The van der Waals surface area contributed by atoms with Crippen LogP contribution in [-0.4, -0.2) is 9.97 Å². The predicted molar refractivity (Wildman–Crippen MR) is 54.3 cm³/mol. The largest absolute Gasteiger partial charge is 0.345 e. The Kier molecular flexibility index (Phi) is 2.12. The summed E-state index contributed by atoms with van der Waals surface area (Å²) >= 11 is 6.09. The molecular weight excluding hydrogens is 202 g/mol. The number of aromatic amines is 1. The number of aryl methyl sites for hydroxylation is 1. The number of nitrogens with two attached hydrogens (primary N) is 1. The highest BCUT2D eigenvalue weighted by Crippen LogP contribution is 2.44. The number of hydrogen-bond acceptors (Lipinski definition) is 3. The van der Waals surface area contributed by atoms with Crippen molar-refractivity contribution in [3.63, 3.8) is 0 Å². The van der Waals surface area contributed by atoms with Gasteiger partial charge in [0, 0.05) is 5.69 Å². The van der Waals surface area contributed by atoms with Crippen molar-refractivity contribution in [3.05, 3.63) is 26.9 Å². The Morgan fingerprint density at radius 2 is 2.29 bits per heavy atom. The summed E-state index contributed by atoms with van der Waals surface area (Å²) in [5.41, 5.74) is 6.43. The van der Waals surface area contributed by atoms with Gasteiger partial charge in [-0.15, -0.1) is 0 Å². The molecule has 0 unspecified atom stereocenters. The molecule has 1 aliphatic carbocycles. The molecule has 2 rings (SSSR count). The zero-order valence-electron chi connectivity index (χ0n) is 7.93. The maximum atomic E-state index is 11.2. The van der Waals surface area contributed by atoms with Crippen molar-refractivity contribution in [3.8, 4) is 0 Å². The van der Waals surface area contributed by atoms with E-state index in [-0.39, 0.29) is 5.69 Å². The lowest BCUT2D eigenvalue weighted by Gasteiger charge is -2.11. The van der Waals surface area contributed by atoms with E-state index in [1.54, 1.807) is 0 Å². The summed E-state index contributed by atoms with van der Waals surface area (Å²) in [4.78, 5) is 17.7. The summed E-state index contributed by atoms with van der Waals surface area (Å²) in [5, 5.41) is 0.520. The predicted octanol–water partition coefficient (Wildman–Crippen LogP) is 0.933. The van der Waals surface area contributed by atoms with Crippen LogP contribution < -0.4 is 11.4 Å². The normalized spacial score (nSPS) is 18.2. The fourth-order valence-corrected chi connectivity index (χ4v) is 1.86. The van der Waals surface area contributed by atoms with Crippen LogP contribution in [0.25, 0.3) is 0 Å². The first kappa shape index (κ1) is 9.68. The molecule has 0 spiro atoms.